The first kappa shape index (κ1) is 19.8. The van der Waals surface area contributed by atoms with Crippen molar-refractivity contribution in [1.29, 1.82) is 0 Å². The van der Waals surface area contributed by atoms with Crippen LogP contribution in [0.3, 0.4) is 0 Å². The van der Waals surface area contributed by atoms with E-state index in [-0.39, 0.29) is 22.8 Å². The monoisotopic (exact) mass is 442 g/mol. The second kappa shape index (κ2) is 7.70. The van der Waals surface area contributed by atoms with Gasteiger partial charge in [-0.2, -0.15) is 0 Å². The van der Waals surface area contributed by atoms with Crippen LogP contribution in [0, 0.1) is 0 Å². The number of urea groups is 1. The molecule has 2 N–H and O–H groups in total. The Balaban J connectivity index is 1.69. The predicted octanol–water partition coefficient (Wildman–Crippen LogP) is 4.63. The van der Waals surface area contributed by atoms with E-state index in [1.807, 2.05) is 0 Å². The number of amides is 4. The van der Waals surface area contributed by atoms with Gasteiger partial charge in [0.05, 0.1) is 10.7 Å². The number of aromatic hydroxyl groups is 1. The zero-order chi connectivity index (χ0) is 21.4. The number of carbonyl (C=O) groups excluding carboxylic acids is 3. The van der Waals surface area contributed by atoms with Crippen molar-refractivity contribution < 1.29 is 23.9 Å². The van der Waals surface area contributed by atoms with Crippen LogP contribution in [-0.2, 0) is 9.59 Å². The van der Waals surface area contributed by atoms with Gasteiger partial charge in [0.15, 0.2) is 0 Å². The topological polar surface area (TPSA) is 99.9 Å². The van der Waals surface area contributed by atoms with Crippen molar-refractivity contribution >= 4 is 52.8 Å². The minimum atomic E-state index is -0.890. The lowest BCUT2D eigenvalue weighted by molar-refractivity contribution is -0.122. The summed E-state index contributed by atoms with van der Waals surface area (Å²) in [5, 5.41) is 12.4. The Labute approximate surface area is 180 Å². The Morgan fingerprint density at radius 1 is 0.967 bits per heavy atom. The highest BCUT2D eigenvalue weighted by Crippen LogP contribution is 2.32. The molecule has 0 unspecified atom stereocenters. The number of nitrogens with zero attached hydrogens (tertiary/aromatic N) is 1. The Hall–Kier alpha value is -3.55. The number of imide groups is 2. The number of benzene rings is 2. The van der Waals surface area contributed by atoms with Gasteiger partial charge in [-0.3, -0.25) is 14.9 Å². The van der Waals surface area contributed by atoms with E-state index in [2.05, 4.69) is 5.32 Å². The minimum absolute atomic E-state index is 0.0294. The summed E-state index contributed by atoms with van der Waals surface area (Å²) < 4.78 is 5.70. The first-order chi connectivity index (χ1) is 14.3. The van der Waals surface area contributed by atoms with Gasteiger partial charge in [-0.1, -0.05) is 23.2 Å². The highest BCUT2D eigenvalue weighted by molar-refractivity contribution is 6.39. The van der Waals surface area contributed by atoms with Crippen LogP contribution in [-0.4, -0.2) is 23.0 Å². The number of barbiturate groups is 1. The average Bonchev–Trinajstić information content (AvgIpc) is 3.17. The van der Waals surface area contributed by atoms with Gasteiger partial charge in [0.2, 0.25) is 0 Å². The Morgan fingerprint density at radius 3 is 2.43 bits per heavy atom. The summed E-state index contributed by atoms with van der Waals surface area (Å²) in [5.41, 5.74) is 0.453. The van der Waals surface area contributed by atoms with Crippen LogP contribution in [0.2, 0.25) is 10.0 Å². The zero-order valence-electron chi connectivity index (χ0n) is 15.1. The van der Waals surface area contributed by atoms with E-state index < -0.39 is 17.8 Å². The molecule has 30 heavy (non-hydrogen) atoms. The summed E-state index contributed by atoms with van der Waals surface area (Å²) in [5.74, 6) is -1.10. The normalized spacial score (nSPS) is 15.6. The van der Waals surface area contributed by atoms with Gasteiger partial charge in [0.25, 0.3) is 11.8 Å². The summed E-state index contributed by atoms with van der Waals surface area (Å²) in [6.07, 6.45) is 1.24. The Morgan fingerprint density at radius 2 is 1.70 bits per heavy atom. The Bertz CT molecular complexity index is 1210. The summed E-state index contributed by atoms with van der Waals surface area (Å²) in [4.78, 5) is 38.1. The molecule has 0 saturated carbocycles. The molecule has 0 radical (unpaired) electrons. The molecule has 0 aliphatic carbocycles. The smallest absolute Gasteiger partial charge is 0.335 e. The molecule has 0 atom stereocenters. The van der Waals surface area contributed by atoms with Crippen LogP contribution in [0.1, 0.15) is 5.76 Å². The van der Waals surface area contributed by atoms with Crippen LogP contribution < -0.4 is 10.2 Å². The fraction of sp³-hybridized carbons (Fsp3) is 0. The molecule has 0 bridgehead atoms. The molecule has 2 heterocycles. The SMILES string of the molecule is O=C1NC(=O)N(c2ccc(O)cc2)C(=O)/C1=C\c1ccc(-c2cc(Cl)ccc2Cl)o1. The lowest BCUT2D eigenvalue weighted by Crippen LogP contribution is -2.54. The average molecular weight is 443 g/mol. The maximum atomic E-state index is 12.8. The number of hydrogen-bond donors (Lipinski definition) is 2. The van der Waals surface area contributed by atoms with Crippen LogP contribution in [0.4, 0.5) is 10.5 Å². The molecule has 1 aromatic heterocycles. The maximum absolute atomic E-state index is 12.8. The number of hydrogen-bond acceptors (Lipinski definition) is 5. The summed E-state index contributed by atoms with van der Waals surface area (Å²) in [6, 6.07) is 12.6. The molecule has 1 saturated heterocycles. The first-order valence-corrected chi connectivity index (χ1v) is 9.35. The van der Waals surface area contributed by atoms with E-state index >= 15 is 0 Å². The van der Waals surface area contributed by atoms with E-state index in [1.165, 1.54) is 30.3 Å². The fourth-order valence-corrected chi connectivity index (χ4v) is 3.28. The molecule has 4 rings (SSSR count). The molecule has 7 nitrogen and oxygen atoms in total. The third-order valence-corrected chi connectivity index (χ3v) is 4.88. The number of furan rings is 1. The van der Waals surface area contributed by atoms with Crippen LogP contribution >= 0.6 is 23.2 Å². The van der Waals surface area contributed by atoms with Crippen molar-refractivity contribution in [3.05, 3.63) is 76.0 Å². The van der Waals surface area contributed by atoms with Gasteiger partial charge in [0.1, 0.15) is 22.8 Å². The molecule has 150 valence electrons. The molecule has 9 heteroatoms. The van der Waals surface area contributed by atoms with E-state index in [0.29, 0.717) is 21.4 Å². The van der Waals surface area contributed by atoms with E-state index in [1.54, 1.807) is 30.3 Å². The van der Waals surface area contributed by atoms with Crippen LogP contribution in [0.15, 0.2) is 64.6 Å². The lowest BCUT2D eigenvalue weighted by Gasteiger charge is -2.26. The quantitative estimate of drug-likeness (QED) is 0.455. The fourth-order valence-electron chi connectivity index (χ4n) is 2.90. The molecule has 3 aromatic rings. The molecule has 4 amide bonds. The number of anilines is 1. The first-order valence-electron chi connectivity index (χ1n) is 8.59. The summed E-state index contributed by atoms with van der Waals surface area (Å²) in [6.45, 7) is 0. The van der Waals surface area contributed by atoms with Crippen molar-refractivity contribution in [2.24, 2.45) is 0 Å². The van der Waals surface area contributed by atoms with Crippen LogP contribution in [0.25, 0.3) is 17.4 Å². The second-order valence-electron chi connectivity index (χ2n) is 6.30. The molecule has 1 aliphatic rings. The van der Waals surface area contributed by atoms with Gasteiger partial charge < -0.3 is 9.52 Å². The number of halogens is 2. The molecule has 2 aromatic carbocycles. The Kier molecular flexibility index (Phi) is 5.07. The number of phenols is 1. The molecule has 0 spiro atoms. The molecule has 1 fully saturated rings. The number of nitrogens with one attached hydrogen (secondary N) is 1. The highest BCUT2D eigenvalue weighted by atomic mass is 35.5. The van der Waals surface area contributed by atoms with E-state index in [0.717, 1.165) is 4.90 Å². The van der Waals surface area contributed by atoms with Gasteiger partial charge in [-0.15, -0.1) is 0 Å². The molecular weight excluding hydrogens is 431 g/mol. The number of rotatable bonds is 3. The largest absolute Gasteiger partial charge is 0.508 e. The predicted molar refractivity (Wildman–Crippen MR) is 111 cm³/mol. The van der Waals surface area contributed by atoms with E-state index in [4.69, 9.17) is 27.6 Å². The van der Waals surface area contributed by atoms with Gasteiger partial charge >= 0.3 is 6.03 Å². The van der Waals surface area contributed by atoms with Crippen molar-refractivity contribution in [1.82, 2.24) is 5.32 Å². The highest BCUT2D eigenvalue weighted by Gasteiger charge is 2.37. The van der Waals surface area contributed by atoms with Crippen molar-refractivity contribution in [3.63, 3.8) is 0 Å². The third-order valence-electron chi connectivity index (χ3n) is 4.32. The van der Waals surface area contributed by atoms with Gasteiger partial charge in [-0.25, -0.2) is 9.69 Å². The van der Waals surface area contributed by atoms with Gasteiger partial charge in [0, 0.05) is 10.6 Å². The second-order valence-corrected chi connectivity index (χ2v) is 7.14. The van der Waals surface area contributed by atoms with Crippen molar-refractivity contribution in [2.45, 2.75) is 0 Å². The number of carbonyl (C=O) groups is 3. The zero-order valence-corrected chi connectivity index (χ0v) is 16.6. The summed E-state index contributed by atoms with van der Waals surface area (Å²) in [7, 11) is 0. The van der Waals surface area contributed by atoms with Crippen molar-refractivity contribution in [2.75, 3.05) is 4.90 Å². The lowest BCUT2D eigenvalue weighted by atomic mass is 10.1. The van der Waals surface area contributed by atoms with Gasteiger partial charge in [-0.05, 0) is 60.7 Å². The third kappa shape index (κ3) is 3.68. The summed E-state index contributed by atoms with van der Waals surface area (Å²) >= 11 is 12.2. The van der Waals surface area contributed by atoms with Crippen molar-refractivity contribution in [3.8, 4) is 17.1 Å². The minimum Gasteiger partial charge on any atom is -0.508 e. The van der Waals surface area contributed by atoms with E-state index in [9.17, 15) is 19.5 Å². The maximum Gasteiger partial charge on any atom is 0.335 e. The number of phenolic OH excluding ortho intramolecular Hbond substituents is 1. The van der Waals surface area contributed by atoms with Crippen LogP contribution in [0.5, 0.6) is 5.75 Å². The molecular formula is C21H12Cl2N2O5. The molecule has 1 aliphatic heterocycles. The standard InChI is InChI=1S/C21H12Cl2N2O5/c22-11-1-7-17(23)15(9-11)18-8-6-14(30-18)10-16-19(27)24-21(29)25(20(16)28)12-2-4-13(26)5-3-12/h1-10,26H,(H,24,27,29)/b16-10-.